The molecule has 0 N–H and O–H groups in total. The number of hydrogen-bond acceptors (Lipinski definition) is 3. The maximum atomic E-state index is 3.88. The topological polar surface area (TPSA) is 25.2 Å². The SMILES string of the molecule is C/C(=N/S)c1ccncc1. The van der Waals surface area contributed by atoms with Crippen molar-refractivity contribution in [2.45, 2.75) is 6.92 Å². The summed E-state index contributed by atoms with van der Waals surface area (Å²) in [5, 5.41) is 0. The van der Waals surface area contributed by atoms with E-state index < -0.39 is 0 Å². The Labute approximate surface area is 65.6 Å². The molecule has 2 nitrogen and oxygen atoms in total. The summed E-state index contributed by atoms with van der Waals surface area (Å²) in [7, 11) is 0. The summed E-state index contributed by atoms with van der Waals surface area (Å²) in [5.74, 6) is 0. The lowest BCUT2D eigenvalue weighted by atomic mass is 10.2. The van der Waals surface area contributed by atoms with Gasteiger partial charge in [0.15, 0.2) is 0 Å². The van der Waals surface area contributed by atoms with Gasteiger partial charge in [-0.25, -0.2) is 4.40 Å². The Morgan fingerprint density at radius 2 is 2.10 bits per heavy atom. The highest BCUT2D eigenvalue weighted by Gasteiger charge is 1.91. The molecule has 0 atom stereocenters. The highest BCUT2D eigenvalue weighted by molar-refractivity contribution is 7.79. The van der Waals surface area contributed by atoms with Gasteiger partial charge in [-0.2, -0.15) is 0 Å². The number of aromatic nitrogens is 1. The first kappa shape index (κ1) is 7.28. The normalized spacial score (nSPS) is 11.6. The highest BCUT2D eigenvalue weighted by atomic mass is 32.1. The van der Waals surface area contributed by atoms with Gasteiger partial charge in [-0.05, 0) is 37.4 Å². The molecule has 0 unspecified atom stereocenters. The van der Waals surface area contributed by atoms with E-state index in [1.807, 2.05) is 19.1 Å². The molecule has 10 heavy (non-hydrogen) atoms. The zero-order chi connectivity index (χ0) is 7.40. The third-order valence-electron chi connectivity index (χ3n) is 1.25. The molecule has 0 saturated heterocycles. The van der Waals surface area contributed by atoms with Crippen molar-refractivity contribution in [2.75, 3.05) is 0 Å². The summed E-state index contributed by atoms with van der Waals surface area (Å²) in [5.41, 5.74) is 1.97. The minimum Gasteiger partial charge on any atom is -0.265 e. The van der Waals surface area contributed by atoms with Crippen LogP contribution in [-0.4, -0.2) is 10.7 Å². The molecule has 0 amide bonds. The summed E-state index contributed by atoms with van der Waals surface area (Å²) in [6.45, 7) is 1.91. The highest BCUT2D eigenvalue weighted by Crippen LogP contribution is 1.99. The van der Waals surface area contributed by atoms with Crippen LogP contribution in [0.3, 0.4) is 0 Å². The number of hydrogen-bond donors (Lipinski definition) is 1. The lowest BCUT2D eigenvalue weighted by Crippen LogP contribution is -1.91. The third kappa shape index (κ3) is 1.57. The average molecular weight is 152 g/mol. The minimum absolute atomic E-state index is 0.908. The van der Waals surface area contributed by atoms with E-state index in [0.717, 1.165) is 11.3 Å². The molecule has 0 aliphatic rings. The van der Waals surface area contributed by atoms with Crippen LogP contribution < -0.4 is 0 Å². The molecule has 0 spiro atoms. The number of nitrogens with zero attached hydrogens (tertiary/aromatic N) is 2. The number of thiol groups is 1. The van der Waals surface area contributed by atoms with Crippen LogP contribution in [-0.2, 0) is 0 Å². The maximum absolute atomic E-state index is 3.88. The molecule has 0 aromatic carbocycles. The Kier molecular flexibility index (Phi) is 2.45. The molecule has 52 valence electrons. The van der Waals surface area contributed by atoms with Crippen LogP contribution in [0.15, 0.2) is 28.9 Å². The van der Waals surface area contributed by atoms with Crippen LogP contribution in [0, 0.1) is 0 Å². The molecule has 3 heteroatoms. The van der Waals surface area contributed by atoms with Gasteiger partial charge in [-0.1, -0.05) is 0 Å². The van der Waals surface area contributed by atoms with Gasteiger partial charge < -0.3 is 0 Å². The summed E-state index contributed by atoms with van der Waals surface area (Å²) >= 11 is 3.79. The Balaban J connectivity index is 2.96. The van der Waals surface area contributed by atoms with Crippen molar-refractivity contribution >= 4 is 18.5 Å². The molecule has 1 rings (SSSR count). The van der Waals surface area contributed by atoms with Crippen molar-refractivity contribution in [1.29, 1.82) is 0 Å². The Morgan fingerprint density at radius 1 is 1.50 bits per heavy atom. The van der Waals surface area contributed by atoms with Gasteiger partial charge in [0.1, 0.15) is 0 Å². The standard InChI is InChI=1S/C7H8N2S/c1-6(9-10)7-2-4-8-5-3-7/h2-5,10H,1H3/b9-6-. The molecular weight excluding hydrogens is 144 g/mol. The summed E-state index contributed by atoms with van der Waals surface area (Å²) in [4.78, 5) is 3.88. The second-order valence-electron chi connectivity index (χ2n) is 1.92. The summed E-state index contributed by atoms with van der Waals surface area (Å²) in [6, 6.07) is 3.80. The first-order chi connectivity index (χ1) is 4.84. The molecule has 0 radical (unpaired) electrons. The van der Waals surface area contributed by atoms with E-state index in [0.29, 0.717) is 0 Å². The first-order valence-electron chi connectivity index (χ1n) is 2.93. The molecule has 1 aromatic heterocycles. The smallest absolute Gasteiger partial charge is 0.0526 e. The van der Waals surface area contributed by atoms with Crippen LogP contribution in [0.4, 0.5) is 0 Å². The molecular formula is C7H8N2S. The number of pyridine rings is 1. The van der Waals surface area contributed by atoms with E-state index in [-0.39, 0.29) is 0 Å². The summed E-state index contributed by atoms with van der Waals surface area (Å²) in [6.07, 6.45) is 3.47. The lowest BCUT2D eigenvalue weighted by Gasteiger charge is -1.94. The van der Waals surface area contributed by atoms with Crippen LogP contribution in [0.25, 0.3) is 0 Å². The molecule has 0 aliphatic heterocycles. The van der Waals surface area contributed by atoms with E-state index in [2.05, 4.69) is 22.2 Å². The van der Waals surface area contributed by atoms with E-state index in [4.69, 9.17) is 0 Å². The van der Waals surface area contributed by atoms with Gasteiger partial charge in [0, 0.05) is 12.4 Å². The summed E-state index contributed by atoms with van der Waals surface area (Å²) < 4.78 is 3.74. The predicted octanol–water partition coefficient (Wildman–Crippen LogP) is 1.74. The quantitative estimate of drug-likeness (QED) is 0.481. The Morgan fingerprint density at radius 3 is 2.60 bits per heavy atom. The average Bonchev–Trinajstić information content (AvgIpc) is 2.05. The van der Waals surface area contributed by atoms with Gasteiger partial charge in [-0.3, -0.25) is 4.98 Å². The predicted molar refractivity (Wildman–Crippen MR) is 45.4 cm³/mol. The molecule has 0 bridgehead atoms. The monoisotopic (exact) mass is 152 g/mol. The molecule has 1 aromatic rings. The van der Waals surface area contributed by atoms with Gasteiger partial charge in [0.2, 0.25) is 0 Å². The second-order valence-corrected chi connectivity index (χ2v) is 2.12. The van der Waals surface area contributed by atoms with Crippen LogP contribution in [0.2, 0.25) is 0 Å². The number of rotatable bonds is 1. The molecule has 0 aliphatic carbocycles. The fourth-order valence-corrected chi connectivity index (χ4v) is 0.766. The van der Waals surface area contributed by atoms with Crippen LogP contribution in [0.5, 0.6) is 0 Å². The Bertz CT molecular complexity index is 231. The van der Waals surface area contributed by atoms with E-state index in [1.165, 1.54) is 0 Å². The van der Waals surface area contributed by atoms with E-state index in [1.54, 1.807) is 12.4 Å². The Hall–Kier alpha value is -0.830. The third-order valence-corrected chi connectivity index (χ3v) is 1.55. The minimum atomic E-state index is 0.908. The van der Waals surface area contributed by atoms with E-state index >= 15 is 0 Å². The maximum Gasteiger partial charge on any atom is 0.0526 e. The molecule has 1 heterocycles. The van der Waals surface area contributed by atoms with Crippen LogP contribution >= 0.6 is 12.8 Å². The lowest BCUT2D eigenvalue weighted by molar-refractivity contribution is 1.32. The van der Waals surface area contributed by atoms with Gasteiger partial charge in [0.25, 0.3) is 0 Å². The van der Waals surface area contributed by atoms with Crippen molar-refractivity contribution in [2.24, 2.45) is 4.40 Å². The first-order valence-corrected chi connectivity index (χ1v) is 3.33. The second kappa shape index (κ2) is 3.37. The van der Waals surface area contributed by atoms with E-state index in [9.17, 15) is 0 Å². The van der Waals surface area contributed by atoms with Crippen molar-refractivity contribution in [3.63, 3.8) is 0 Å². The van der Waals surface area contributed by atoms with Gasteiger partial charge in [-0.15, -0.1) is 0 Å². The van der Waals surface area contributed by atoms with Crippen molar-refractivity contribution < 1.29 is 0 Å². The molecule has 0 saturated carbocycles. The van der Waals surface area contributed by atoms with Crippen LogP contribution in [0.1, 0.15) is 12.5 Å². The van der Waals surface area contributed by atoms with Crippen molar-refractivity contribution in [1.82, 2.24) is 4.98 Å². The zero-order valence-corrected chi connectivity index (χ0v) is 6.55. The van der Waals surface area contributed by atoms with Gasteiger partial charge in [0.05, 0.1) is 5.71 Å². The fourth-order valence-electron chi connectivity index (χ4n) is 0.651. The van der Waals surface area contributed by atoms with Gasteiger partial charge >= 0.3 is 0 Å². The largest absolute Gasteiger partial charge is 0.265 e. The zero-order valence-electron chi connectivity index (χ0n) is 5.65. The molecule has 0 fully saturated rings. The van der Waals surface area contributed by atoms with Crippen molar-refractivity contribution in [3.8, 4) is 0 Å². The van der Waals surface area contributed by atoms with Crippen molar-refractivity contribution in [3.05, 3.63) is 30.1 Å². The fraction of sp³-hybridized carbons (Fsp3) is 0.143.